The summed E-state index contributed by atoms with van der Waals surface area (Å²) in [4.78, 5) is 11.9. The lowest BCUT2D eigenvalue weighted by Gasteiger charge is -2.19. The number of carbonyl (C=O) groups is 1. The van der Waals surface area contributed by atoms with Crippen LogP contribution in [0.25, 0.3) is 0 Å². The number of carbonyl (C=O) groups excluding carboxylic acids is 1. The maximum Gasteiger partial charge on any atom is 0.225 e. The fraction of sp³-hybridized carbons (Fsp3) is 0.235. The van der Waals surface area contributed by atoms with Crippen molar-refractivity contribution in [1.82, 2.24) is 4.31 Å². The number of nitrogens with zero attached hydrogens (tertiary/aromatic N) is 1. The van der Waals surface area contributed by atoms with Crippen LogP contribution < -0.4 is 5.32 Å². The second-order valence-corrected chi connectivity index (χ2v) is 7.51. The molecule has 2 aromatic carbocycles. The van der Waals surface area contributed by atoms with E-state index in [9.17, 15) is 22.0 Å². The van der Waals surface area contributed by atoms with Crippen LogP contribution >= 0.6 is 0 Å². The third-order valence-electron chi connectivity index (χ3n) is 3.44. The maximum absolute atomic E-state index is 13.1. The number of rotatable bonds is 7. The van der Waals surface area contributed by atoms with Gasteiger partial charge in [-0.05, 0) is 35.9 Å². The minimum absolute atomic E-state index is 0.0341. The molecule has 0 saturated heterocycles. The predicted molar refractivity (Wildman–Crippen MR) is 91.3 cm³/mol. The van der Waals surface area contributed by atoms with Gasteiger partial charge in [0.1, 0.15) is 11.6 Å². The van der Waals surface area contributed by atoms with Gasteiger partial charge in [-0.2, -0.15) is 4.31 Å². The van der Waals surface area contributed by atoms with Gasteiger partial charge in [0.25, 0.3) is 0 Å². The molecular weight excluding hydrogens is 350 g/mol. The highest BCUT2D eigenvalue weighted by Gasteiger charge is 2.18. The Morgan fingerprint density at radius 1 is 1.08 bits per heavy atom. The molecule has 1 N–H and O–H groups in total. The van der Waals surface area contributed by atoms with Crippen molar-refractivity contribution in [2.75, 3.05) is 18.1 Å². The van der Waals surface area contributed by atoms with Crippen molar-refractivity contribution in [3.63, 3.8) is 0 Å². The predicted octanol–water partition coefficient (Wildman–Crippen LogP) is 2.76. The van der Waals surface area contributed by atoms with Crippen LogP contribution in [0.2, 0.25) is 0 Å². The van der Waals surface area contributed by atoms with Gasteiger partial charge >= 0.3 is 0 Å². The molecule has 0 aliphatic carbocycles. The highest BCUT2D eigenvalue weighted by molar-refractivity contribution is 7.88. The van der Waals surface area contributed by atoms with Crippen molar-refractivity contribution in [2.45, 2.75) is 13.0 Å². The van der Waals surface area contributed by atoms with Crippen LogP contribution in [0.5, 0.6) is 0 Å². The van der Waals surface area contributed by atoms with Crippen molar-refractivity contribution in [3.8, 4) is 0 Å². The Balaban J connectivity index is 1.98. The summed E-state index contributed by atoms with van der Waals surface area (Å²) in [5, 5.41) is 2.51. The average molecular weight is 368 g/mol. The number of hydrogen-bond donors (Lipinski definition) is 1. The van der Waals surface area contributed by atoms with Crippen LogP contribution in [0.1, 0.15) is 12.0 Å². The smallest absolute Gasteiger partial charge is 0.225 e. The fourth-order valence-corrected chi connectivity index (χ4v) is 2.98. The molecule has 8 heteroatoms. The minimum Gasteiger partial charge on any atom is -0.326 e. The van der Waals surface area contributed by atoms with Crippen LogP contribution in [0.4, 0.5) is 14.5 Å². The van der Waals surface area contributed by atoms with Gasteiger partial charge in [-0.25, -0.2) is 17.2 Å². The number of benzene rings is 2. The van der Waals surface area contributed by atoms with Gasteiger partial charge in [0, 0.05) is 25.2 Å². The average Bonchev–Trinajstić information content (AvgIpc) is 2.52. The highest BCUT2D eigenvalue weighted by atomic mass is 32.2. The fourth-order valence-electron chi connectivity index (χ4n) is 2.17. The first-order chi connectivity index (χ1) is 11.7. The summed E-state index contributed by atoms with van der Waals surface area (Å²) in [5.74, 6) is -1.32. The second kappa shape index (κ2) is 8.17. The van der Waals surface area contributed by atoms with Gasteiger partial charge in [0.15, 0.2) is 0 Å². The molecule has 0 aromatic heterocycles. The zero-order chi connectivity index (χ0) is 18.4. The molecule has 0 unspecified atom stereocenters. The lowest BCUT2D eigenvalue weighted by atomic mass is 10.2. The van der Waals surface area contributed by atoms with Crippen molar-refractivity contribution in [3.05, 3.63) is 65.7 Å². The number of sulfonamides is 1. The van der Waals surface area contributed by atoms with E-state index in [1.807, 2.05) is 0 Å². The molecule has 0 aliphatic heterocycles. The molecule has 0 atom stereocenters. The Morgan fingerprint density at radius 2 is 1.76 bits per heavy atom. The zero-order valence-corrected chi connectivity index (χ0v) is 14.4. The zero-order valence-electron chi connectivity index (χ0n) is 13.6. The summed E-state index contributed by atoms with van der Waals surface area (Å²) in [6.07, 6.45) is 0.950. The van der Waals surface area contributed by atoms with Crippen LogP contribution in [-0.4, -0.2) is 31.4 Å². The summed E-state index contributed by atoms with van der Waals surface area (Å²) < 4.78 is 50.9. The molecule has 0 radical (unpaired) electrons. The van der Waals surface area contributed by atoms with Gasteiger partial charge in [-0.15, -0.1) is 0 Å². The number of hydrogen-bond acceptors (Lipinski definition) is 3. The number of nitrogens with one attached hydrogen (secondary N) is 1. The van der Waals surface area contributed by atoms with Gasteiger partial charge in [0.2, 0.25) is 15.9 Å². The molecule has 2 rings (SSSR count). The first-order valence-corrected chi connectivity index (χ1v) is 9.34. The second-order valence-electron chi connectivity index (χ2n) is 5.53. The largest absolute Gasteiger partial charge is 0.326 e. The van der Waals surface area contributed by atoms with Gasteiger partial charge in [0.05, 0.1) is 6.26 Å². The molecule has 2 aromatic rings. The molecule has 25 heavy (non-hydrogen) atoms. The third-order valence-corrected chi connectivity index (χ3v) is 4.69. The van der Waals surface area contributed by atoms with E-state index < -0.39 is 27.6 Å². The summed E-state index contributed by atoms with van der Waals surface area (Å²) in [7, 11) is -3.55. The normalized spacial score (nSPS) is 11.5. The standard InChI is InChI=1S/C17H18F2N2O3S/c1-25(23,24)21(12-13-5-7-14(18)8-6-13)10-9-17(22)20-16-4-2-3-15(19)11-16/h2-8,11H,9-10,12H2,1H3,(H,20,22). The maximum atomic E-state index is 13.1. The van der Waals surface area contributed by atoms with E-state index in [2.05, 4.69) is 5.32 Å². The molecule has 0 spiro atoms. The molecule has 0 heterocycles. The summed E-state index contributed by atoms with van der Waals surface area (Å²) in [5.41, 5.74) is 0.909. The summed E-state index contributed by atoms with van der Waals surface area (Å²) in [6, 6.07) is 10.9. The van der Waals surface area contributed by atoms with Gasteiger partial charge in [-0.3, -0.25) is 4.79 Å². The highest BCUT2D eigenvalue weighted by Crippen LogP contribution is 2.12. The van der Waals surface area contributed by atoms with Crippen LogP contribution in [-0.2, 0) is 21.4 Å². The first-order valence-electron chi connectivity index (χ1n) is 7.49. The Kier molecular flexibility index (Phi) is 6.22. The van der Waals surface area contributed by atoms with E-state index >= 15 is 0 Å². The van der Waals surface area contributed by atoms with Gasteiger partial charge < -0.3 is 5.32 Å². The molecular formula is C17H18F2N2O3S. The van der Waals surface area contributed by atoms with Crippen LogP contribution in [0.15, 0.2) is 48.5 Å². The monoisotopic (exact) mass is 368 g/mol. The van der Waals surface area contributed by atoms with E-state index in [0.29, 0.717) is 11.3 Å². The van der Waals surface area contributed by atoms with E-state index in [1.165, 1.54) is 48.5 Å². The summed E-state index contributed by atoms with van der Waals surface area (Å²) in [6.45, 7) is -0.0102. The van der Waals surface area contributed by atoms with Crippen molar-refractivity contribution in [1.29, 1.82) is 0 Å². The molecule has 1 amide bonds. The lowest BCUT2D eigenvalue weighted by Crippen LogP contribution is -2.32. The molecule has 5 nitrogen and oxygen atoms in total. The Bertz CT molecular complexity index is 839. The lowest BCUT2D eigenvalue weighted by molar-refractivity contribution is -0.116. The van der Waals surface area contributed by atoms with E-state index in [1.54, 1.807) is 0 Å². The quantitative estimate of drug-likeness (QED) is 0.817. The molecule has 0 bridgehead atoms. The van der Waals surface area contributed by atoms with Crippen molar-refractivity contribution < 1.29 is 22.0 Å². The number of amides is 1. The number of halogens is 2. The topological polar surface area (TPSA) is 66.5 Å². The Labute approximate surface area is 145 Å². The van der Waals surface area contributed by atoms with E-state index in [-0.39, 0.29) is 19.5 Å². The minimum atomic E-state index is -3.55. The molecule has 134 valence electrons. The number of anilines is 1. The van der Waals surface area contributed by atoms with Gasteiger partial charge in [-0.1, -0.05) is 18.2 Å². The van der Waals surface area contributed by atoms with Crippen molar-refractivity contribution in [2.24, 2.45) is 0 Å². The third kappa shape index (κ3) is 6.24. The van der Waals surface area contributed by atoms with E-state index in [0.717, 1.165) is 10.6 Å². The van der Waals surface area contributed by atoms with Crippen LogP contribution in [0, 0.1) is 11.6 Å². The van der Waals surface area contributed by atoms with E-state index in [4.69, 9.17) is 0 Å². The van der Waals surface area contributed by atoms with Crippen molar-refractivity contribution >= 4 is 21.6 Å². The SMILES string of the molecule is CS(=O)(=O)N(CCC(=O)Nc1cccc(F)c1)Cc1ccc(F)cc1. The Morgan fingerprint density at radius 3 is 2.36 bits per heavy atom. The molecule has 0 fully saturated rings. The van der Waals surface area contributed by atoms with Crippen LogP contribution in [0.3, 0.4) is 0 Å². The summed E-state index contributed by atoms with van der Waals surface area (Å²) >= 11 is 0. The Hall–Kier alpha value is -2.32. The first kappa shape index (κ1) is 19.0. The molecule has 0 saturated carbocycles. The molecule has 0 aliphatic rings.